The fraction of sp³-hybridized carbons (Fsp3) is 0. The summed E-state index contributed by atoms with van der Waals surface area (Å²) in [5, 5.41) is 11.9. The minimum atomic E-state index is 0.262. The van der Waals surface area contributed by atoms with Gasteiger partial charge in [-0.05, 0) is 54.3 Å². The molecule has 1 aromatic carbocycles. The van der Waals surface area contributed by atoms with Crippen LogP contribution in [0.25, 0.3) is 11.4 Å². The molecule has 10 heteroatoms. The molecular formula is C15H12ClN7S2. The number of hydrogen-bond donors (Lipinski definition) is 3. The Morgan fingerprint density at radius 2 is 1.92 bits per heavy atom. The minimum Gasteiger partial charge on any atom is -0.265 e. The van der Waals surface area contributed by atoms with Crippen LogP contribution < -0.4 is 10.9 Å². The number of thiocarbonyl (C=S) groups is 1. The highest BCUT2D eigenvalue weighted by Gasteiger charge is 2.09. The average Bonchev–Trinajstić information content (AvgIpc) is 2.98. The number of nitrogens with zero attached hydrogens (tertiary/aromatic N) is 4. The fourth-order valence-electron chi connectivity index (χ4n) is 1.94. The van der Waals surface area contributed by atoms with Crippen molar-refractivity contribution in [3.8, 4) is 11.4 Å². The van der Waals surface area contributed by atoms with Gasteiger partial charge in [-0.3, -0.25) is 15.8 Å². The minimum absolute atomic E-state index is 0.262. The van der Waals surface area contributed by atoms with Crippen LogP contribution in [-0.2, 0) is 0 Å². The van der Waals surface area contributed by atoms with Crippen molar-refractivity contribution in [2.24, 2.45) is 5.10 Å². The Hall–Kier alpha value is -2.62. The van der Waals surface area contributed by atoms with Crippen molar-refractivity contribution < 1.29 is 0 Å². The predicted molar refractivity (Wildman–Crippen MR) is 105 cm³/mol. The Morgan fingerprint density at radius 1 is 1.20 bits per heavy atom. The number of H-pyrrole nitrogens is 1. The molecule has 3 aromatic rings. The van der Waals surface area contributed by atoms with Gasteiger partial charge in [0, 0.05) is 23.0 Å². The van der Waals surface area contributed by atoms with E-state index in [1.807, 2.05) is 24.3 Å². The van der Waals surface area contributed by atoms with Crippen molar-refractivity contribution >= 4 is 47.4 Å². The van der Waals surface area contributed by atoms with Gasteiger partial charge < -0.3 is 0 Å². The lowest BCUT2D eigenvalue weighted by Gasteiger charge is -2.10. The molecule has 0 aliphatic rings. The molecule has 126 valence electrons. The normalized spacial score (nSPS) is 10.8. The molecule has 0 aliphatic heterocycles. The third kappa shape index (κ3) is 4.47. The first-order chi connectivity index (χ1) is 12.1. The highest BCUT2D eigenvalue weighted by molar-refractivity contribution is 7.80. The fourth-order valence-corrected chi connectivity index (χ4v) is 2.38. The molecule has 7 nitrogen and oxygen atoms in total. The van der Waals surface area contributed by atoms with Crippen LogP contribution in [0.5, 0.6) is 0 Å². The monoisotopic (exact) mass is 389 g/mol. The molecule has 0 unspecified atom stereocenters. The second-order valence-electron chi connectivity index (χ2n) is 4.79. The van der Waals surface area contributed by atoms with Crippen LogP contribution in [0.15, 0.2) is 53.9 Å². The van der Waals surface area contributed by atoms with Gasteiger partial charge in [0.2, 0.25) is 9.88 Å². The number of hydrogen-bond acceptors (Lipinski definition) is 5. The summed E-state index contributed by atoms with van der Waals surface area (Å²) < 4.78 is 1.93. The molecule has 0 saturated carbocycles. The first kappa shape index (κ1) is 17.2. The third-order valence-electron chi connectivity index (χ3n) is 3.07. The predicted octanol–water partition coefficient (Wildman–Crippen LogP) is 3.11. The molecule has 0 fully saturated rings. The van der Waals surface area contributed by atoms with Gasteiger partial charge in [0.05, 0.1) is 6.21 Å². The van der Waals surface area contributed by atoms with Crippen LogP contribution in [0, 0.1) is 4.77 Å². The Kier molecular flexibility index (Phi) is 5.49. The zero-order valence-electron chi connectivity index (χ0n) is 12.7. The molecule has 2 heterocycles. The van der Waals surface area contributed by atoms with Crippen LogP contribution in [0.4, 0.5) is 0 Å². The lowest BCUT2D eigenvalue weighted by atomic mass is 10.2. The van der Waals surface area contributed by atoms with Crippen LogP contribution in [-0.4, -0.2) is 31.2 Å². The first-order valence-electron chi connectivity index (χ1n) is 7.07. The molecule has 0 saturated heterocycles. The van der Waals surface area contributed by atoms with E-state index in [0.29, 0.717) is 15.6 Å². The lowest BCUT2D eigenvalue weighted by molar-refractivity contribution is 0.925. The summed E-state index contributed by atoms with van der Waals surface area (Å²) in [4.78, 5) is 3.98. The van der Waals surface area contributed by atoms with Crippen molar-refractivity contribution in [3.63, 3.8) is 0 Å². The second kappa shape index (κ2) is 7.97. The zero-order valence-corrected chi connectivity index (χ0v) is 15.1. The molecule has 2 aromatic heterocycles. The van der Waals surface area contributed by atoms with Crippen molar-refractivity contribution in [1.82, 2.24) is 25.3 Å². The van der Waals surface area contributed by atoms with E-state index in [4.69, 9.17) is 36.0 Å². The highest BCUT2D eigenvalue weighted by Crippen LogP contribution is 2.14. The van der Waals surface area contributed by atoms with Gasteiger partial charge in [-0.1, -0.05) is 23.7 Å². The number of rotatable bonds is 4. The maximum Gasteiger partial charge on any atom is 0.215 e. The largest absolute Gasteiger partial charge is 0.265 e. The van der Waals surface area contributed by atoms with Crippen molar-refractivity contribution in [2.45, 2.75) is 0 Å². The van der Waals surface area contributed by atoms with E-state index in [2.05, 4.69) is 31.1 Å². The number of aromatic nitrogens is 4. The van der Waals surface area contributed by atoms with E-state index in [1.54, 1.807) is 35.4 Å². The Balaban J connectivity index is 1.68. The summed E-state index contributed by atoms with van der Waals surface area (Å²) in [6.45, 7) is 0. The number of nitrogens with one attached hydrogen (secondary N) is 3. The van der Waals surface area contributed by atoms with Crippen molar-refractivity contribution in [2.75, 3.05) is 5.43 Å². The van der Waals surface area contributed by atoms with Crippen molar-refractivity contribution in [1.29, 1.82) is 0 Å². The molecule has 0 bridgehead atoms. The Bertz CT molecular complexity index is 948. The summed E-state index contributed by atoms with van der Waals surface area (Å²) in [5.74, 6) is 0.582. The third-order valence-corrected chi connectivity index (χ3v) is 3.78. The summed E-state index contributed by atoms with van der Waals surface area (Å²) in [5.41, 5.74) is 7.38. The number of benzene rings is 1. The first-order valence-corrected chi connectivity index (χ1v) is 8.26. The van der Waals surface area contributed by atoms with E-state index in [0.717, 1.165) is 11.1 Å². The van der Waals surface area contributed by atoms with E-state index in [9.17, 15) is 0 Å². The van der Waals surface area contributed by atoms with E-state index in [1.165, 1.54) is 0 Å². The number of aromatic amines is 1. The lowest BCUT2D eigenvalue weighted by Crippen LogP contribution is -2.31. The number of pyridine rings is 1. The maximum atomic E-state index is 5.84. The topological polar surface area (TPSA) is 82.9 Å². The molecule has 0 amide bonds. The van der Waals surface area contributed by atoms with E-state index >= 15 is 0 Å². The summed E-state index contributed by atoms with van der Waals surface area (Å²) in [7, 11) is 0. The molecule has 3 rings (SSSR count). The van der Waals surface area contributed by atoms with Crippen LogP contribution in [0.1, 0.15) is 5.56 Å². The van der Waals surface area contributed by atoms with E-state index < -0.39 is 0 Å². The molecule has 0 radical (unpaired) electrons. The van der Waals surface area contributed by atoms with Crippen LogP contribution in [0.2, 0.25) is 5.02 Å². The molecule has 3 N–H and O–H groups in total. The molecule has 0 spiro atoms. The van der Waals surface area contributed by atoms with Gasteiger partial charge in [-0.2, -0.15) is 10.2 Å². The maximum absolute atomic E-state index is 5.84. The molecule has 0 atom stereocenters. The van der Waals surface area contributed by atoms with Crippen molar-refractivity contribution in [3.05, 3.63) is 64.1 Å². The SMILES string of the molecule is S=C(N/N=C\c1ccc(Cl)cc1)Nn1c(-c2ccncc2)n[nH]c1=S. The Labute approximate surface area is 158 Å². The summed E-state index contributed by atoms with van der Waals surface area (Å²) >= 11 is 16.3. The quantitative estimate of drug-likeness (QED) is 0.361. The van der Waals surface area contributed by atoms with Gasteiger partial charge in [0.15, 0.2) is 5.82 Å². The molecular weight excluding hydrogens is 378 g/mol. The van der Waals surface area contributed by atoms with Crippen LogP contribution >= 0.6 is 36.0 Å². The smallest absolute Gasteiger partial charge is 0.215 e. The van der Waals surface area contributed by atoms with Gasteiger partial charge in [-0.15, -0.1) is 0 Å². The number of halogens is 1. The molecule has 0 aliphatic carbocycles. The summed E-state index contributed by atoms with van der Waals surface area (Å²) in [6.07, 6.45) is 4.97. The summed E-state index contributed by atoms with van der Waals surface area (Å²) in [6, 6.07) is 10.9. The van der Waals surface area contributed by atoms with E-state index in [-0.39, 0.29) is 5.11 Å². The average molecular weight is 390 g/mol. The number of hydrazone groups is 1. The van der Waals surface area contributed by atoms with Gasteiger partial charge in [-0.25, -0.2) is 9.77 Å². The Morgan fingerprint density at radius 3 is 2.64 bits per heavy atom. The molecule has 25 heavy (non-hydrogen) atoms. The van der Waals surface area contributed by atoms with Crippen LogP contribution in [0.3, 0.4) is 0 Å². The second-order valence-corrected chi connectivity index (χ2v) is 6.02. The van der Waals surface area contributed by atoms with Gasteiger partial charge >= 0.3 is 0 Å². The highest BCUT2D eigenvalue weighted by atomic mass is 35.5. The standard InChI is InChI=1S/C15H12ClN7S2/c16-12-3-1-10(2-4-12)9-18-20-14(24)22-23-13(19-21-15(23)25)11-5-7-17-8-6-11/h1-9H,(H,21,25)(H2,20,22,24)/b18-9-. The zero-order chi connectivity index (χ0) is 17.6. The van der Waals surface area contributed by atoms with Gasteiger partial charge in [0.1, 0.15) is 0 Å². The van der Waals surface area contributed by atoms with Gasteiger partial charge in [0.25, 0.3) is 0 Å².